The Bertz CT molecular complexity index is 951. The number of likely N-dealkylation sites (N-methyl/N-ethyl adjacent to an activating group) is 1. The number of rotatable bonds is 7. The molecule has 28 heavy (non-hydrogen) atoms. The third kappa shape index (κ3) is 4.49. The van der Waals surface area contributed by atoms with Crippen LogP contribution < -0.4 is 9.47 Å². The van der Waals surface area contributed by atoms with E-state index < -0.39 is 0 Å². The fraction of sp³-hybridized carbons (Fsp3) is 0.286. The van der Waals surface area contributed by atoms with Crippen molar-refractivity contribution in [3.05, 3.63) is 59.5 Å². The van der Waals surface area contributed by atoms with Crippen LogP contribution in [0.2, 0.25) is 0 Å². The van der Waals surface area contributed by atoms with E-state index in [1.165, 1.54) is 0 Å². The molecule has 0 aliphatic heterocycles. The van der Waals surface area contributed by atoms with Gasteiger partial charge in [-0.25, -0.2) is 0 Å². The first kappa shape index (κ1) is 19.4. The molecular weight excluding hydrogens is 358 g/mol. The summed E-state index contributed by atoms with van der Waals surface area (Å²) in [5.41, 5.74) is 2.84. The molecule has 1 amide bonds. The SMILES string of the molecule is COc1ccc(CC(=O)N(C)Cc2nnc(-c3ccc(C)cc3)o2)cc1OC. The van der Waals surface area contributed by atoms with Crippen LogP contribution in [0.15, 0.2) is 46.9 Å². The summed E-state index contributed by atoms with van der Waals surface area (Å²) in [5, 5.41) is 8.12. The maximum absolute atomic E-state index is 12.5. The summed E-state index contributed by atoms with van der Waals surface area (Å²) in [6.45, 7) is 2.26. The zero-order valence-corrected chi connectivity index (χ0v) is 16.4. The fourth-order valence-corrected chi connectivity index (χ4v) is 2.72. The Morgan fingerprint density at radius 3 is 2.43 bits per heavy atom. The number of carbonyl (C=O) groups is 1. The van der Waals surface area contributed by atoms with Gasteiger partial charge in [0.1, 0.15) is 0 Å². The second-order valence-corrected chi connectivity index (χ2v) is 6.48. The van der Waals surface area contributed by atoms with Crippen LogP contribution in [-0.2, 0) is 17.8 Å². The van der Waals surface area contributed by atoms with Crippen LogP contribution in [0.25, 0.3) is 11.5 Å². The maximum Gasteiger partial charge on any atom is 0.247 e. The van der Waals surface area contributed by atoms with E-state index in [4.69, 9.17) is 13.9 Å². The first-order chi connectivity index (χ1) is 13.5. The van der Waals surface area contributed by atoms with Crippen molar-refractivity contribution in [1.82, 2.24) is 15.1 Å². The first-order valence-electron chi connectivity index (χ1n) is 8.84. The van der Waals surface area contributed by atoms with Gasteiger partial charge in [-0.1, -0.05) is 23.8 Å². The minimum atomic E-state index is -0.0673. The Balaban J connectivity index is 1.64. The van der Waals surface area contributed by atoms with Gasteiger partial charge in [0.25, 0.3) is 0 Å². The monoisotopic (exact) mass is 381 g/mol. The van der Waals surface area contributed by atoms with Gasteiger partial charge in [0, 0.05) is 12.6 Å². The van der Waals surface area contributed by atoms with Crippen molar-refractivity contribution in [2.24, 2.45) is 0 Å². The van der Waals surface area contributed by atoms with Gasteiger partial charge in [0.05, 0.1) is 27.2 Å². The quantitative estimate of drug-likeness (QED) is 0.625. The molecule has 0 spiro atoms. The molecule has 0 atom stereocenters. The lowest BCUT2D eigenvalue weighted by Crippen LogP contribution is -2.27. The average molecular weight is 381 g/mol. The van der Waals surface area contributed by atoms with E-state index in [0.29, 0.717) is 23.3 Å². The van der Waals surface area contributed by atoms with Crippen molar-refractivity contribution in [3.63, 3.8) is 0 Å². The molecule has 0 aliphatic rings. The smallest absolute Gasteiger partial charge is 0.247 e. The molecule has 0 bridgehead atoms. The van der Waals surface area contributed by atoms with E-state index in [0.717, 1.165) is 16.7 Å². The largest absolute Gasteiger partial charge is 0.493 e. The molecule has 1 heterocycles. The molecule has 3 rings (SSSR count). The molecule has 0 aliphatic carbocycles. The highest BCUT2D eigenvalue weighted by atomic mass is 16.5. The summed E-state index contributed by atoms with van der Waals surface area (Å²) in [5.74, 6) is 1.98. The molecule has 0 N–H and O–H groups in total. The third-order valence-corrected chi connectivity index (χ3v) is 4.37. The summed E-state index contributed by atoms with van der Waals surface area (Å²) < 4.78 is 16.2. The molecule has 0 saturated heterocycles. The number of benzene rings is 2. The summed E-state index contributed by atoms with van der Waals surface area (Å²) in [7, 11) is 4.85. The lowest BCUT2D eigenvalue weighted by atomic mass is 10.1. The van der Waals surface area contributed by atoms with Crippen LogP contribution in [0.3, 0.4) is 0 Å². The zero-order chi connectivity index (χ0) is 20.1. The number of methoxy groups -OCH3 is 2. The number of nitrogens with zero attached hydrogens (tertiary/aromatic N) is 3. The Morgan fingerprint density at radius 1 is 1.04 bits per heavy atom. The fourth-order valence-electron chi connectivity index (χ4n) is 2.72. The van der Waals surface area contributed by atoms with Crippen molar-refractivity contribution in [2.75, 3.05) is 21.3 Å². The van der Waals surface area contributed by atoms with E-state index >= 15 is 0 Å². The third-order valence-electron chi connectivity index (χ3n) is 4.37. The summed E-state index contributed by atoms with van der Waals surface area (Å²) in [4.78, 5) is 14.1. The summed E-state index contributed by atoms with van der Waals surface area (Å²) in [6.07, 6.45) is 0.232. The molecule has 2 aromatic carbocycles. The van der Waals surface area contributed by atoms with E-state index in [1.807, 2.05) is 37.3 Å². The van der Waals surface area contributed by atoms with Gasteiger partial charge in [-0.2, -0.15) is 0 Å². The van der Waals surface area contributed by atoms with E-state index in [-0.39, 0.29) is 18.9 Å². The number of aryl methyl sites for hydroxylation is 1. The molecule has 7 heteroatoms. The lowest BCUT2D eigenvalue weighted by Gasteiger charge is -2.15. The molecule has 0 unspecified atom stereocenters. The first-order valence-corrected chi connectivity index (χ1v) is 8.84. The predicted molar refractivity (Wildman–Crippen MR) is 104 cm³/mol. The zero-order valence-electron chi connectivity index (χ0n) is 16.4. The highest BCUT2D eigenvalue weighted by Gasteiger charge is 2.16. The van der Waals surface area contributed by atoms with Crippen LogP contribution in [0.1, 0.15) is 17.0 Å². The number of hydrogen-bond donors (Lipinski definition) is 0. The topological polar surface area (TPSA) is 77.7 Å². The molecule has 1 aromatic heterocycles. The van der Waals surface area contributed by atoms with Crippen LogP contribution in [0.4, 0.5) is 0 Å². The van der Waals surface area contributed by atoms with Gasteiger partial charge in [0.15, 0.2) is 11.5 Å². The molecule has 0 saturated carbocycles. The predicted octanol–water partition coefficient (Wildman–Crippen LogP) is 3.26. The second kappa shape index (κ2) is 8.56. The number of amides is 1. The van der Waals surface area contributed by atoms with Gasteiger partial charge in [-0.15, -0.1) is 10.2 Å². The van der Waals surface area contributed by atoms with Gasteiger partial charge in [-0.3, -0.25) is 4.79 Å². The van der Waals surface area contributed by atoms with E-state index in [9.17, 15) is 4.79 Å². The Kier molecular flexibility index (Phi) is 5.93. The molecule has 0 fully saturated rings. The standard InChI is InChI=1S/C21H23N3O4/c1-14-5-8-16(9-6-14)21-23-22-19(28-21)13-24(2)20(25)12-15-7-10-17(26-3)18(11-15)27-4/h5-11H,12-13H2,1-4H3. The van der Waals surface area contributed by atoms with Crippen molar-refractivity contribution in [1.29, 1.82) is 0 Å². The van der Waals surface area contributed by atoms with Crippen molar-refractivity contribution >= 4 is 5.91 Å². The Hall–Kier alpha value is -3.35. The van der Waals surface area contributed by atoms with Crippen LogP contribution >= 0.6 is 0 Å². The molecule has 0 radical (unpaired) electrons. The highest BCUT2D eigenvalue weighted by molar-refractivity contribution is 5.78. The van der Waals surface area contributed by atoms with Crippen LogP contribution in [0, 0.1) is 6.92 Å². The normalized spacial score (nSPS) is 10.6. The van der Waals surface area contributed by atoms with Crippen molar-refractivity contribution in [2.45, 2.75) is 19.9 Å². The average Bonchev–Trinajstić information content (AvgIpc) is 3.16. The van der Waals surface area contributed by atoms with E-state index in [2.05, 4.69) is 10.2 Å². The minimum absolute atomic E-state index is 0.0673. The lowest BCUT2D eigenvalue weighted by molar-refractivity contribution is -0.130. The number of ether oxygens (including phenoxy) is 2. The Morgan fingerprint density at radius 2 is 1.75 bits per heavy atom. The van der Waals surface area contributed by atoms with Gasteiger partial charge in [-0.05, 0) is 36.8 Å². The summed E-state index contributed by atoms with van der Waals surface area (Å²) >= 11 is 0. The van der Waals surface area contributed by atoms with Crippen molar-refractivity contribution < 1.29 is 18.7 Å². The van der Waals surface area contributed by atoms with Crippen LogP contribution in [-0.4, -0.2) is 42.3 Å². The summed E-state index contributed by atoms with van der Waals surface area (Å²) in [6, 6.07) is 13.3. The van der Waals surface area contributed by atoms with Crippen molar-refractivity contribution in [3.8, 4) is 23.0 Å². The van der Waals surface area contributed by atoms with Gasteiger partial charge < -0.3 is 18.8 Å². The van der Waals surface area contributed by atoms with Gasteiger partial charge >= 0.3 is 0 Å². The number of hydrogen-bond acceptors (Lipinski definition) is 6. The maximum atomic E-state index is 12.5. The highest BCUT2D eigenvalue weighted by Crippen LogP contribution is 2.28. The molecule has 7 nitrogen and oxygen atoms in total. The van der Waals surface area contributed by atoms with Gasteiger partial charge in [0.2, 0.25) is 17.7 Å². The molecule has 146 valence electrons. The molecule has 3 aromatic rings. The Labute approximate surface area is 163 Å². The number of aromatic nitrogens is 2. The number of carbonyl (C=O) groups excluding carboxylic acids is 1. The second-order valence-electron chi connectivity index (χ2n) is 6.48. The minimum Gasteiger partial charge on any atom is -0.493 e. The van der Waals surface area contributed by atoms with E-state index in [1.54, 1.807) is 38.3 Å². The molecular formula is C21H23N3O4. The van der Waals surface area contributed by atoms with Crippen LogP contribution in [0.5, 0.6) is 11.5 Å².